The molecule has 3 nitrogen and oxygen atoms in total. The Morgan fingerprint density at radius 3 is 2.11 bits per heavy atom. The summed E-state index contributed by atoms with van der Waals surface area (Å²) in [7, 11) is 0. The number of rotatable bonds is 4. The Kier molecular flexibility index (Phi) is 6.20. The normalized spacial score (nSPS) is 12.7. The van der Waals surface area contributed by atoms with Crippen LogP contribution in [-0.4, -0.2) is 14.7 Å². The predicted molar refractivity (Wildman–Crippen MR) is 120 cm³/mol. The Morgan fingerprint density at radius 1 is 0.778 bits per heavy atom. The van der Waals surface area contributed by atoms with Crippen molar-refractivity contribution < 1.29 is 35.8 Å². The van der Waals surface area contributed by atoms with Gasteiger partial charge in [-0.1, -0.05) is 30.3 Å². The zero-order chi connectivity index (χ0) is 26.5. The van der Waals surface area contributed by atoms with Crippen LogP contribution in [0.2, 0.25) is 0 Å². The van der Waals surface area contributed by atoms with Gasteiger partial charge >= 0.3 is 12.4 Å². The van der Waals surface area contributed by atoms with Gasteiger partial charge in [0.05, 0.1) is 16.8 Å². The Bertz CT molecular complexity index is 1410. The molecule has 0 saturated carbocycles. The number of imidazole rings is 1. The Balaban J connectivity index is 1.94. The first kappa shape index (κ1) is 25.4. The summed E-state index contributed by atoms with van der Waals surface area (Å²) in [4.78, 5) is 4.26. The lowest BCUT2D eigenvalue weighted by molar-refractivity contribution is -0.138. The summed E-state index contributed by atoms with van der Waals surface area (Å²) >= 11 is 0. The molecule has 0 spiro atoms. The van der Waals surface area contributed by atoms with E-state index < -0.39 is 34.9 Å². The average molecular weight is 508 g/mol. The van der Waals surface area contributed by atoms with Crippen LogP contribution < -0.4 is 0 Å². The van der Waals surface area contributed by atoms with E-state index in [0.717, 1.165) is 6.07 Å². The maximum atomic E-state index is 14.5. The van der Waals surface area contributed by atoms with Crippen LogP contribution in [0.4, 0.5) is 30.7 Å². The second kappa shape index (κ2) is 8.77. The zero-order valence-corrected chi connectivity index (χ0v) is 18.9. The third kappa shape index (κ3) is 4.99. The molecule has 0 atom stereocenters. The van der Waals surface area contributed by atoms with Crippen molar-refractivity contribution in [1.82, 2.24) is 9.55 Å². The quantitative estimate of drug-likeness (QED) is 0.288. The van der Waals surface area contributed by atoms with Gasteiger partial charge in [-0.25, -0.2) is 9.37 Å². The van der Waals surface area contributed by atoms with E-state index >= 15 is 0 Å². The van der Waals surface area contributed by atoms with E-state index in [1.165, 1.54) is 67.1 Å². The Hall–Kier alpha value is -3.66. The molecule has 0 bridgehead atoms. The lowest BCUT2D eigenvalue weighted by atomic mass is 10.0. The summed E-state index contributed by atoms with van der Waals surface area (Å²) in [5.74, 6) is -1.05. The summed E-state index contributed by atoms with van der Waals surface area (Å²) in [5, 5.41) is 10.5. The molecule has 0 aliphatic heterocycles. The average Bonchev–Trinajstić information content (AvgIpc) is 3.24. The lowest BCUT2D eigenvalue weighted by Crippen LogP contribution is -2.15. The summed E-state index contributed by atoms with van der Waals surface area (Å²) < 4.78 is 96.7. The first-order valence-electron chi connectivity index (χ1n) is 10.6. The van der Waals surface area contributed by atoms with Crippen molar-refractivity contribution in [1.29, 1.82) is 0 Å². The molecular weight excluding hydrogens is 489 g/mol. The minimum atomic E-state index is -4.70. The number of alkyl halides is 6. The third-order valence-corrected chi connectivity index (χ3v) is 5.54. The minimum absolute atomic E-state index is 0.0603. The highest BCUT2D eigenvalue weighted by molar-refractivity contribution is 5.70. The van der Waals surface area contributed by atoms with Gasteiger partial charge in [0.1, 0.15) is 17.2 Å². The molecule has 10 heteroatoms. The van der Waals surface area contributed by atoms with E-state index in [-0.39, 0.29) is 33.9 Å². The van der Waals surface area contributed by atoms with Gasteiger partial charge in [0.15, 0.2) is 0 Å². The van der Waals surface area contributed by atoms with Crippen molar-refractivity contribution in [2.45, 2.75) is 31.8 Å². The van der Waals surface area contributed by atoms with Crippen LogP contribution in [0, 0.1) is 5.82 Å². The van der Waals surface area contributed by atoms with E-state index in [9.17, 15) is 35.8 Å². The fourth-order valence-corrected chi connectivity index (χ4v) is 3.73. The summed E-state index contributed by atoms with van der Waals surface area (Å²) in [6, 6.07) is 12.4. The largest absolute Gasteiger partial charge is 0.417 e. The molecule has 1 heterocycles. The van der Waals surface area contributed by atoms with Crippen molar-refractivity contribution >= 4 is 0 Å². The Morgan fingerprint density at radius 2 is 1.47 bits per heavy atom. The lowest BCUT2D eigenvalue weighted by Gasteiger charge is -2.15. The van der Waals surface area contributed by atoms with E-state index in [0.29, 0.717) is 18.2 Å². The highest BCUT2D eigenvalue weighted by atomic mass is 19.4. The number of benzene rings is 3. The molecule has 0 aliphatic carbocycles. The maximum Gasteiger partial charge on any atom is 0.417 e. The summed E-state index contributed by atoms with van der Waals surface area (Å²) in [6.45, 7) is 2.82. The fraction of sp³-hybridized carbons (Fsp3) is 0.192. The number of aliphatic hydroxyl groups is 1. The fourth-order valence-electron chi connectivity index (χ4n) is 3.73. The van der Waals surface area contributed by atoms with Crippen molar-refractivity contribution in [3.8, 4) is 28.2 Å². The molecule has 0 amide bonds. The maximum absolute atomic E-state index is 14.5. The molecule has 0 fully saturated rings. The van der Waals surface area contributed by atoms with Crippen molar-refractivity contribution in [3.63, 3.8) is 0 Å². The second-order valence-electron chi connectivity index (χ2n) is 8.66. The number of nitrogens with zero attached hydrogens (tertiary/aromatic N) is 2. The SMILES string of the molecule is CC(C)(O)c1cn(-c2cccc(-c3cc(C(F)(F)F)ccc3F)c2)c(-c2ccccc2C(F)(F)F)n1. The van der Waals surface area contributed by atoms with Crippen LogP contribution in [0.25, 0.3) is 28.2 Å². The Labute approximate surface area is 201 Å². The standard InChI is InChI=1S/C26H19F7N2O/c1-24(2,36)22-14-35(23(34-22)18-8-3-4-9-20(18)26(31,32)33)17-7-5-6-15(12-17)19-13-16(25(28,29)30)10-11-21(19)27/h3-14,36H,1-2H3. The molecule has 0 unspecified atom stereocenters. The molecule has 1 N–H and O–H groups in total. The van der Waals surface area contributed by atoms with E-state index in [2.05, 4.69) is 4.98 Å². The van der Waals surface area contributed by atoms with Gasteiger partial charge in [-0.2, -0.15) is 26.3 Å². The summed E-state index contributed by atoms with van der Waals surface area (Å²) in [5.41, 5.74) is -3.77. The van der Waals surface area contributed by atoms with Gasteiger partial charge in [-0.05, 0) is 55.8 Å². The van der Waals surface area contributed by atoms with Crippen LogP contribution >= 0.6 is 0 Å². The van der Waals surface area contributed by atoms with Crippen LogP contribution in [0.5, 0.6) is 0 Å². The number of halogens is 7. The van der Waals surface area contributed by atoms with E-state index in [4.69, 9.17) is 0 Å². The molecule has 188 valence electrons. The first-order valence-corrected chi connectivity index (χ1v) is 10.6. The number of hydrogen-bond donors (Lipinski definition) is 1. The molecule has 1 aromatic heterocycles. The molecule has 3 aromatic carbocycles. The third-order valence-electron chi connectivity index (χ3n) is 5.54. The van der Waals surface area contributed by atoms with Gasteiger partial charge in [0.2, 0.25) is 0 Å². The molecule has 4 rings (SSSR count). The van der Waals surface area contributed by atoms with Crippen LogP contribution in [0.15, 0.2) is 72.9 Å². The number of hydrogen-bond acceptors (Lipinski definition) is 2. The highest BCUT2D eigenvalue weighted by Gasteiger charge is 2.35. The number of aromatic nitrogens is 2. The molecule has 36 heavy (non-hydrogen) atoms. The van der Waals surface area contributed by atoms with Gasteiger partial charge in [0.25, 0.3) is 0 Å². The van der Waals surface area contributed by atoms with Crippen molar-refractivity contribution in [2.24, 2.45) is 0 Å². The van der Waals surface area contributed by atoms with Gasteiger partial charge < -0.3 is 5.11 Å². The van der Waals surface area contributed by atoms with Crippen LogP contribution in [-0.2, 0) is 18.0 Å². The molecule has 0 radical (unpaired) electrons. The van der Waals surface area contributed by atoms with Gasteiger partial charge in [-0.15, -0.1) is 0 Å². The first-order chi connectivity index (χ1) is 16.7. The van der Waals surface area contributed by atoms with Crippen LogP contribution in [0.3, 0.4) is 0 Å². The molecular formula is C26H19F7N2O. The second-order valence-corrected chi connectivity index (χ2v) is 8.66. The topological polar surface area (TPSA) is 38.0 Å². The molecule has 4 aromatic rings. The molecule has 0 saturated heterocycles. The van der Waals surface area contributed by atoms with Crippen molar-refractivity contribution in [3.05, 3.63) is 95.6 Å². The zero-order valence-electron chi connectivity index (χ0n) is 18.9. The van der Waals surface area contributed by atoms with E-state index in [1.54, 1.807) is 0 Å². The van der Waals surface area contributed by atoms with Crippen molar-refractivity contribution in [2.75, 3.05) is 0 Å². The smallest absolute Gasteiger partial charge is 0.384 e. The van der Waals surface area contributed by atoms with Gasteiger partial charge in [-0.3, -0.25) is 4.57 Å². The predicted octanol–water partition coefficient (Wildman–Crippen LogP) is 7.61. The molecule has 0 aliphatic rings. The monoisotopic (exact) mass is 508 g/mol. The van der Waals surface area contributed by atoms with E-state index in [1.807, 2.05) is 0 Å². The van der Waals surface area contributed by atoms with Crippen LogP contribution in [0.1, 0.15) is 30.7 Å². The minimum Gasteiger partial charge on any atom is -0.384 e. The van der Waals surface area contributed by atoms with Gasteiger partial charge in [0, 0.05) is 23.0 Å². The summed E-state index contributed by atoms with van der Waals surface area (Å²) in [6.07, 6.45) is -8.06. The highest BCUT2D eigenvalue weighted by Crippen LogP contribution is 2.39.